The van der Waals surface area contributed by atoms with Crippen LogP contribution in [0.2, 0.25) is 0 Å². The Morgan fingerprint density at radius 3 is 3.06 bits per heavy atom. The molecule has 0 radical (unpaired) electrons. The van der Waals surface area contributed by atoms with E-state index < -0.39 is 0 Å². The maximum absolute atomic E-state index is 12.4. The number of piperazine rings is 1. The molecule has 0 aromatic carbocycles. The van der Waals surface area contributed by atoms with Crippen molar-refractivity contribution in [1.29, 1.82) is 0 Å². The van der Waals surface area contributed by atoms with Gasteiger partial charge in [-0.2, -0.15) is 0 Å². The number of allylic oxidation sites excluding steroid dienone is 2. The SMILES string of the molecule is CCN(C(=O)CN1CCN[C@@H](C)C1)C1=CCCC1. The molecule has 1 amide bonds. The first-order valence-electron chi connectivity index (χ1n) is 7.16. The van der Waals surface area contributed by atoms with Gasteiger partial charge >= 0.3 is 0 Å². The highest BCUT2D eigenvalue weighted by molar-refractivity contribution is 5.80. The Labute approximate surface area is 110 Å². The molecule has 1 N–H and O–H groups in total. The van der Waals surface area contributed by atoms with Crippen LogP contribution in [-0.4, -0.2) is 54.5 Å². The lowest BCUT2D eigenvalue weighted by Gasteiger charge is -2.33. The van der Waals surface area contributed by atoms with E-state index in [4.69, 9.17) is 0 Å². The average molecular weight is 251 g/mol. The van der Waals surface area contributed by atoms with Crippen molar-refractivity contribution < 1.29 is 4.79 Å². The minimum Gasteiger partial charge on any atom is -0.316 e. The lowest BCUT2D eigenvalue weighted by molar-refractivity contribution is -0.130. The van der Waals surface area contributed by atoms with Gasteiger partial charge < -0.3 is 10.2 Å². The van der Waals surface area contributed by atoms with Crippen LogP contribution < -0.4 is 5.32 Å². The Balaban J connectivity index is 1.89. The van der Waals surface area contributed by atoms with Gasteiger partial charge in [0.05, 0.1) is 6.54 Å². The molecule has 4 nitrogen and oxygen atoms in total. The van der Waals surface area contributed by atoms with Gasteiger partial charge in [0.15, 0.2) is 0 Å². The first kappa shape index (κ1) is 13.6. The van der Waals surface area contributed by atoms with E-state index in [0.29, 0.717) is 12.6 Å². The van der Waals surface area contributed by atoms with Gasteiger partial charge in [0.2, 0.25) is 5.91 Å². The first-order valence-corrected chi connectivity index (χ1v) is 7.16. The lowest BCUT2D eigenvalue weighted by atomic mass is 10.2. The molecule has 2 rings (SSSR count). The number of rotatable bonds is 4. The number of likely N-dealkylation sites (N-methyl/N-ethyl adjacent to an activating group) is 1. The molecule has 102 valence electrons. The van der Waals surface area contributed by atoms with Crippen LogP contribution in [0.3, 0.4) is 0 Å². The van der Waals surface area contributed by atoms with E-state index in [1.54, 1.807) is 0 Å². The number of carbonyl (C=O) groups excluding carboxylic acids is 1. The van der Waals surface area contributed by atoms with E-state index in [1.807, 2.05) is 4.90 Å². The molecule has 0 unspecified atom stereocenters. The van der Waals surface area contributed by atoms with Crippen molar-refractivity contribution in [2.24, 2.45) is 0 Å². The normalized spacial score (nSPS) is 25.0. The molecule has 1 aliphatic heterocycles. The Hall–Kier alpha value is -0.870. The summed E-state index contributed by atoms with van der Waals surface area (Å²) in [4.78, 5) is 16.6. The summed E-state index contributed by atoms with van der Waals surface area (Å²) < 4.78 is 0. The lowest BCUT2D eigenvalue weighted by Crippen LogP contribution is -2.52. The topological polar surface area (TPSA) is 35.6 Å². The van der Waals surface area contributed by atoms with Crippen LogP contribution in [0.15, 0.2) is 11.8 Å². The van der Waals surface area contributed by atoms with E-state index in [2.05, 4.69) is 30.1 Å². The molecule has 1 heterocycles. The van der Waals surface area contributed by atoms with E-state index in [9.17, 15) is 4.79 Å². The summed E-state index contributed by atoms with van der Waals surface area (Å²) in [5.74, 6) is 0.264. The van der Waals surface area contributed by atoms with Crippen LogP contribution in [0.25, 0.3) is 0 Å². The zero-order chi connectivity index (χ0) is 13.0. The van der Waals surface area contributed by atoms with Gasteiger partial charge in [-0.3, -0.25) is 9.69 Å². The van der Waals surface area contributed by atoms with Gasteiger partial charge in [-0.1, -0.05) is 6.08 Å². The fourth-order valence-corrected chi connectivity index (χ4v) is 2.87. The molecule has 1 fully saturated rings. The number of amides is 1. The molecule has 0 aromatic heterocycles. The Bertz CT molecular complexity index is 327. The molecule has 0 bridgehead atoms. The first-order chi connectivity index (χ1) is 8.70. The van der Waals surface area contributed by atoms with Crippen molar-refractivity contribution in [3.63, 3.8) is 0 Å². The summed E-state index contributed by atoms with van der Waals surface area (Å²) >= 11 is 0. The number of hydrogen-bond acceptors (Lipinski definition) is 3. The van der Waals surface area contributed by atoms with Gasteiger partial charge in [-0.15, -0.1) is 0 Å². The number of hydrogen-bond donors (Lipinski definition) is 1. The smallest absolute Gasteiger partial charge is 0.240 e. The largest absolute Gasteiger partial charge is 0.316 e. The van der Waals surface area contributed by atoms with Crippen LogP contribution in [0.5, 0.6) is 0 Å². The van der Waals surface area contributed by atoms with Crippen molar-refractivity contribution in [3.8, 4) is 0 Å². The van der Waals surface area contributed by atoms with Crippen LogP contribution in [0.4, 0.5) is 0 Å². The zero-order valence-corrected chi connectivity index (χ0v) is 11.6. The third kappa shape index (κ3) is 3.33. The summed E-state index contributed by atoms with van der Waals surface area (Å²) in [6.07, 6.45) is 5.62. The van der Waals surface area contributed by atoms with Gasteiger partial charge in [0.1, 0.15) is 0 Å². The molecule has 2 aliphatic rings. The van der Waals surface area contributed by atoms with Crippen LogP contribution in [-0.2, 0) is 4.79 Å². The summed E-state index contributed by atoms with van der Waals surface area (Å²) in [6.45, 7) is 8.55. The molecule has 1 atom stereocenters. The third-order valence-corrected chi connectivity index (χ3v) is 3.79. The third-order valence-electron chi connectivity index (χ3n) is 3.79. The van der Waals surface area contributed by atoms with Crippen LogP contribution in [0, 0.1) is 0 Å². The summed E-state index contributed by atoms with van der Waals surface area (Å²) in [5.41, 5.74) is 1.24. The predicted octanol–water partition coefficient (Wildman–Crippen LogP) is 1.20. The highest BCUT2D eigenvalue weighted by Gasteiger charge is 2.23. The molecule has 1 aliphatic carbocycles. The zero-order valence-electron chi connectivity index (χ0n) is 11.6. The minimum atomic E-state index is 0.264. The minimum absolute atomic E-state index is 0.264. The summed E-state index contributed by atoms with van der Waals surface area (Å²) in [7, 11) is 0. The molecule has 4 heteroatoms. The van der Waals surface area contributed by atoms with Crippen molar-refractivity contribution in [2.45, 2.75) is 39.2 Å². The molecule has 0 spiro atoms. The van der Waals surface area contributed by atoms with Gasteiger partial charge in [0, 0.05) is 37.9 Å². The van der Waals surface area contributed by atoms with Crippen molar-refractivity contribution in [1.82, 2.24) is 15.1 Å². The van der Waals surface area contributed by atoms with E-state index in [-0.39, 0.29) is 5.91 Å². The van der Waals surface area contributed by atoms with Gasteiger partial charge in [-0.05, 0) is 33.1 Å². The standard InChI is InChI=1S/C14H25N3O/c1-3-17(13-6-4-5-7-13)14(18)11-16-9-8-15-12(2)10-16/h6,12,15H,3-5,7-11H2,1-2H3/t12-/m0/s1. The molecule has 0 saturated carbocycles. The highest BCUT2D eigenvalue weighted by Crippen LogP contribution is 2.21. The van der Waals surface area contributed by atoms with E-state index >= 15 is 0 Å². The fourth-order valence-electron chi connectivity index (χ4n) is 2.87. The number of nitrogens with zero attached hydrogens (tertiary/aromatic N) is 2. The van der Waals surface area contributed by atoms with Gasteiger partial charge in [0.25, 0.3) is 0 Å². The highest BCUT2D eigenvalue weighted by atomic mass is 16.2. The average Bonchev–Trinajstić information content (AvgIpc) is 2.83. The van der Waals surface area contributed by atoms with Crippen molar-refractivity contribution >= 4 is 5.91 Å². The molecule has 0 aromatic rings. The summed E-state index contributed by atoms with van der Waals surface area (Å²) in [5, 5.41) is 3.41. The predicted molar refractivity (Wildman–Crippen MR) is 73.2 cm³/mol. The Kier molecular flexibility index (Phi) is 4.78. The maximum Gasteiger partial charge on any atom is 0.240 e. The molecule has 18 heavy (non-hydrogen) atoms. The Morgan fingerprint density at radius 2 is 2.44 bits per heavy atom. The maximum atomic E-state index is 12.4. The quantitative estimate of drug-likeness (QED) is 0.815. The Morgan fingerprint density at radius 1 is 1.61 bits per heavy atom. The van der Waals surface area contributed by atoms with E-state index in [0.717, 1.165) is 39.0 Å². The second-order valence-electron chi connectivity index (χ2n) is 5.32. The fraction of sp³-hybridized carbons (Fsp3) is 0.786. The molecular formula is C14H25N3O. The second-order valence-corrected chi connectivity index (χ2v) is 5.32. The summed E-state index contributed by atoms with van der Waals surface area (Å²) in [6, 6.07) is 0.493. The van der Waals surface area contributed by atoms with Crippen LogP contribution in [0.1, 0.15) is 33.1 Å². The monoisotopic (exact) mass is 251 g/mol. The molecular weight excluding hydrogens is 226 g/mol. The van der Waals surface area contributed by atoms with Crippen molar-refractivity contribution in [3.05, 3.63) is 11.8 Å². The molecule has 1 saturated heterocycles. The number of nitrogens with one attached hydrogen (secondary N) is 1. The van der Waals surface area contributed by atoms with Crippen LogP contribution >= 0.6 is 0 Å². The van der Waals surface area contributed by atoms with Crippen molar-refractivity contribution in [2.75, 3.05) is 32.7 Å². The van der Waals surface area contributed by atoms with Gasteiger partial charge in [-0.25, -0.2) is 0 Å². The van der Waals surface area contributed by atoms with E-state index in [1.165, 1.54) is 12.1 Å². The number of carbonyl (C=O) groups is 1. The second kappa shape index (κ2) is 6.34.